The van der Waals surface area contributed by atoms with Crippen LogP contribution in [0.1, 0.15) is 45.4 Å². The third kappa shape index (κ3) is 2.21. The normalized spacial score (nSPS) is 45.4. The van der Waals surface area contributed by atoms with Crippen LogP contribution in [0.4, 0.5) is 0 Å². The summed E-state index contributed by atoms with van der Waals surface area (Å²) in [7, 11) is 0. The molecule has 2 rings (SSSR count). The van der Waals surface area contributed by atoms with E-state index in [0.29, 0.717) is 24.5 Å². The zero-order valence-corrected chi connectivity index (χ0v) is 9.78. The first-order valence-electron chi connectivity index (χ1n) is 6.40. The highest BCUT2D eigenvalue weighted by Crippen LogP contribution is 2.52. The Morgan fingerprint density at radius 2 is 2.00 bits per heavy atom. The SMILES string of the molecule is CC1(CCO)CCC2CCC(CO)C2C1. The molecule has 88 valence electrons. The Morgan fingerprint density at radius 3 is 2.67 bits per heavy atom. The number of aliphatic hydroxyl groups excluding tert-OH is 2. The fraction of sp³-hybridized carbons (Fsp3) is 1.00. The third-order valence-corrected chi connectivity index (χ3v) is 4.92. The maximum Gasteiger partial charge on any atom is 0.0462 e. The number of hydrogen-bond acceptors (Lipinski definition) is 2. The Labute approximate surface area is 92.7 Å². The molecule has 0 bridgehead atoms. The molecule has 0 saturated heterocycles. The fourth-order valence-electron chi connectivity index (χ4n) is 3.86. The predicted molar refractivity (Wildman–Crippen MR) is 60.5 cm³/mol. The number of hydrogen-bond donors (Lipinski definition) is 2. The van der Waals surface area contributed by atoms with Crippen LogP contribution >= 0.6 is 0 Å². The molecule has 2 aliphatic carbocycles. The molecule has 0 heterocycles. The summed E-state index contributed by atoms with van der Waals surface area (Å²) in [6.07, 6.45) is 7.30. The number of aliphatic hydroxyl groups is 2. The van der Waals surface area contributed by atoms with Gasteiger partial charge in [0.15, 0.2) is 0 Å². The van der Waals surface area contributed by atoms with E-state index in [1.165, 1.54) is 32.1 Å². The van der Waals surface area contributed by atoms with E-state index in [9.17, 15) is 5.11 Å². The van der Waals surface area contributed by atoms with Gasteiger partial charge in [-0.25, -0.2) is 0 Å². The van der Waals surface area contributed by atoms with Gasteiger partial charge in [0.05, 0.1) is 0 Å². The summed E-state index contributed by atoms with van der Waals surface area (Å²) >= 11 is 0. The first-order valence-corrected chi connectivity index (χ1v) is 6.40. The Kier molecular flexibility index (Phi) is 3.36. The summed E-state index contributed by atoms with van der Waals surface area (Å²) in [5.74, 6) is 2.16. The van der Waals surface area contributed by atoms with Gasteiger partial charge in [-0.05, 0) is 61.7 Å². The van der Waals surface area contributed by atoms with Gasteiger partial charge in [0.2, 0.25) is 0 Å². The molecule has 0 aromatic rings. The summed E-state index contributed by atoms with van der Waals surface area (Å²) in [6.45, 7) is 3.00. The summed E-state index contributed by atoms with van der Waals surface area (Å²) in [4.78, 5) is 0. The van der Waals surface area contributed by atoms with Crippen LogP contribution in [0.3, 0.4) is 0 Å². The molecule has 0 aromatic heterocycles. The van der Waals surface area contributed by atoms with Gasteiger partial charge < -0.3 is 10.2 Å². The monoisotopic (exact) mass is 212 g/mol. The Hall–Kier alpha value is -0.0800. The summed E-state index contributed by atoms with van der Waals surface area (Å²) in [5.41, 5.74) is 0.341. The highest BCUT2D eigenvalue weighted by molar-refractivity contribution is 4.94. The molecule has 2 N–H and O–H groups in total. The van der Waals surface area contributed by atoms with Gasteiger partial charge in [0, 0.05) is 13.2 Å². The molecule has 0 radical (unpaired) electrons. The quantitative estimate of drug-likeness (QED) is 0.753. The second kappa shape index (κ2) is 4.42. The van der Waals surface area contributed by atoms with Crippen molar-refractivity contribution < 1.29 is 10.2 Å². The molecule has 2 heteroatoms. The molecule has 15 heavy (non-hydrogen) atoms. The van der Waals surface area contributed by atoms with E-state index in [2.05, 4.69) is 6.92 Å². The van der Waals surface area contributed by atoms with E-state index in [4.69, 9.17) is 5.11 Å². The van der Waals surface area contributed by atoms with Crippen molar-refractivity contribution in [3.8, 4) is 0 Å². The lowest BCUT2D eigenvalue weighted by atomic mass is 9.64. The van der Waals surface area contributed by atoms with Gasteiger partial charge in [0.25, 0.3) is 0 Å². The van der Waals surface area contributed by atoms with Crippen LogP contribution in [0, 0.1) is 23.2 Å². The van der Waals surface area contributed by atoms with Crippen LogP contribution in [0.25, 0.3) is 0 Å². The van der Waals surface area contributed by atoms with Crippen molar-refractivity contribution in [2.75, 3.05) is 13.2 Å². The van der Waals surface area contributed by atoms with Crippen molar-refractivity contribution in [2.45, 2.75) is 45.4 Å². The zero-order chi connectivity index (χ0) is 10.9. The molecule has 0 amide bonds. The average molecular weight is 212 g/mol. The topological polar surface area (TPSA) is 40.5 Å². The second-order valence-corrected chi connectivity index (χ2v) is 5.97. The predicted octanol–water partition coefficient (Wildman–Crippen LogP) is 2.19. The molecule has 0 aromatic carbocycles. The number of rotatable bonds is 3. The average Bonchev–Trinajstić information content (AvgIpc) is 2.59. The Morgan fingerprint density at radius 1 is 1.20 bits per heavy atom. The van der Waals surface area contributed by atoms with Crippen LogP contribution in [0.15, 0.2) is 0 Å². The minimum Gasteiger partial charge on any atom is -0.396 e. The zero-order valence-electron chi connectivity index (χ0n) is 9.78. The van der Waals surface area contributed by atoms with E-state index >= 15 is 0 Å². The second-order valence-electron chi connectivity index (χ2n) is 5.97. The Bertz CT molecular complexity index is 211. The van der Waals surface area contributed by atoms with Crippen LogP contribution < -0.4 is 0 Å². The minimum atomic E-state index is 0.317. The molecule has 4 atom stereocenters. The van der Waals surface area contributed by atoms with Crippen molar-refractivity contribution in [1.29, 1.82) is 0 Å². The van der Waals surface area contributed by atoms with E-state index in [1.807, 2.05) is 0 Å². The van der Waals surface area contributed by atoms with Gasteiger partial charge in [-0.3, -0.25) is 0 Å². The summed E-state index contributed by atoms with van der Waals surface area (Å²) in [5, 5.41) is 18.5. The lowest BCUT2D eigenvalue weighted by molar-refractivity contribution is 0.0573. The van der Waals surface area contributed by atoms with E-state index in [1.54, 1.807) is 0 Å². The van der Waals surface area contributed by atoms with Crippen molar-refractivity contribution in [1.82, 2.24) is 0 Å². The van der Waals surface area contributed by atoms with E-state index in [-0.39, 0.29) is 0 Å². The number of fused-ring (bicyclic) bond motifs is 1. The lowest BCUT2D eigenvalue weighted by Crippen LogP contribution is -2.33. The molecular formula is C13H24O2. The first-order chi connectivity index (χ1) is 7.18. The van der Waals surface area contributed by atoms with Crippen molar-refractivity contribution in [3.05, 3.63) is 0 Å². The fourth-order valence-corrected chi connectivity index (χ4v) is 3.86. The van der Waals surface area contributed by atoms with Crippen molar-refractivity contribution >= 4 is 0 Å². The van der Waals surface area contributed by atoms with Gasteiger partial charge in [0.1, 0.15) is 0 Å². The van der Waals surface area contributed by atoms with Gasteiger partial charge in [-0.1, -0.05) is 6.92 Å². The molecule has 2 fully saturated rings. The summed E-state index contributed by atoms with van der Waals surface area (Å²) in [6, 6.07) is 0. The molecule has 2 aliphatic rings. The van der Waals surface area contributed by atoms with Crippen LogP contribution in [0.2, 0.25) is 0 Å². The van der Waals surface area contributed by atoms with Crippen molar-refractivity contribution in [3.63, 3.8) is 0 Å². The molecule has 2 nitrogen and oxygen atoms in total. The lowest BCUT2D eigenvalue weighted by Gasteiger charge is -2.41. The van der Waals surface area contributed by atoms with Crippen molar-refractivity contribution in [2.24, 2.45) is 23.2 Å². The molecule has 0 spiro atoms. The van der Waals surface area contributed by atoms with Crippen LogP contribution in [0.5, 0.6) is 0 Å². The molecular weight excluding hydrogens is 188 g/mol. The van der Waals surface area contributed by atoms with Gasteiger partial charge in [-0.2, -0.15) is 0 Å². The van der Waals surface area contributed by atoms with Gasteiger partial charge in [-0.15, -0.1) is 0 Å². The largest absolute Gasteiger partial charge is 0.396 e. The molecule has 0 aliphatic heterocycles. The van der Waals surface area contributed by atoms with E-state index in [0.717, 1.165) is 18.3 Å². The third-order valence-electron chi connectivity index (χ3n) is 4.92. The van der Waals surface area contributed by atoms with Crippen LogP contribution in [-0.4, -0.2) is 23.4 Å². The first kappa shape index (κ1) is 11.4. The van der Waals surface area contributed by atoms with Crippen LogP contribution in [-0.2, 0) is 0 Å². The Balaban J connectivity index is 2.01. The maximum atomic E-state index is 9.36. The molecule has 4 unspecified atom stereocenters. The maximum absolute atomic E-state index is 9.36. The van der Waals surface area contributed by atoms with E-state index < -0.39 is 0 Å². The molecule has 2 saturated carbocycles. The smallest absolute Gasteiger partial charge is 0.0462 e. The highest BCUT2D eigenvalue weighted by Gasteiger charge is 2.43. The standard InChI is InChI=1S/C13H24O2/c1-13(6-7-14)5-4-10-2-3-11(9-15)12(10)8-13/h10-12,14-15H,2-9H2,1H3. The van der Waals surface area contributed by atoms with Gasteiger partial charge >= 0.3 is 0 Å². The minimum absolute atomic E-state index is 0.317. The highest BCUT2D eigenvalue weighted by atomic mass is 16.3. The summed E-state index contributed by atoms with van der Waals surface area (Å²) < 4.78 is 0.